The fourth-order valence-corrected chi connectivity index (χ4v) is 12.4. The number of halogens is 1. The Bertz CT molecular complexity index is 2310. The molecule has 0 fully saturated rings. The van der Waals surface area contributed by atoms with Crippen LogP contribution >= 0.6 is 21.6 Å². The SMILES string of the molecule is Cc1cc(N(c2ccc(C(C)(C)C)cc2)c2ccc(C(C)(C)C)cc2)c(Cl)c(N2c3ccccc3S(c3ccccc3)(c3ccccc3)c3ccccc32)c1. The zero-order valence-electron chi connectivity index (χ0n) is 32.8. The van der Waals surface area contributed by atoms with Gasteiger partial charge in [-0.3, -0.25) is 0 Å². The van der Waals surface area contributed by atoms with Crippen LogP contribution in [0.25, 0.3) is 0 Å². The third-order valence-electron chi connectivity index (χ3n) is 10.7. The lowest BCUT2D eigenvalue weighted by atomic mass is 9.86. The number of anilines is 6. The smallest absolute Gasteiger partial charge is 0.0887 e. The van der Waals surface area contributed by atoms with E-state index in [0.29, 0.717) is 5.02 Å². The minimum atomic E-state index is -1.88. The van der Waals surface area contributed by atoms with Crippen molar-refractivity contribution in [3.63, 3.8) is 0 Å². The van der Waals surface area contributed by atoms with Crippen LogP contribution in [0, 0.1) is 6.92 Å². The van der Waals surface area contributed by atoms with E-state index in [1.807, 2.05) is 0 Å². The van der Waals surface area contributed by atoms with E-state index in [9.17, 15) is 0 Å². The lowest BCUT2D eigenvalue weighted by molar-refractivity contribution is 0.590. The van der Waals surface area contributed by atoms with Gasteiger partial charge in [-0.25, -0.2) is 0 Å². The Labute approximate surface area is 334 Å². The Morgan fingerprint density at radius 1 is 0.473 bits per heavy atom. The second-order valence-corrected chi connectivity index (χ2v) is 20.0. The predicted octanol–water partition coefficient (Wildman–Crippen LogP) is 15.8. The number of benzene rings is 7. The molecule has 1 heterocycles. The molecule has 0 unspecified atom stereocenters. The van der Waals surface area contributed by atoms with E-state index in [-0.39, 0.29) is 10.8 Å². The average molecular weight is 757 g/mol. The van der Waals surface area contributed by atoms with Crippen LogP contribution in [-0.2, 0) is 10.8 Å². The molecule has 2 nitrogen and oxygen atoms in total. The third kappa shape index (κ3) is 6.44. The minimum absolute atomic E-state index is 0.0393. The summed E-state index contributed by atoms with van der Waals surface area (Å²) >= 11 is 7.88. The van der Waals surface area contributed by atoms with Crippen molar-refractivity contribution in [2.24, 2.45) is 0 Å². The van der Waals surface area contributed by atoms with E-state index < -0.39 is 10.0 Å². The highest BCUT2D eigenvalue weighted by Gasteiger charge is 2.43. The van der Waals surface area contributed by atoms with E-state index in [1.54, 1.807) is 0 Å². The van der Waals surface area contributed by atoms with Gasteiger partial charge >= 0.3 is 0 Å². The van der Waals surface area contributed by atoms with Crippen molar-refractivity contribution < 1.29 is 0 Å². The normalized spacial score (nSPS) is 14.1. The summed E-state index contributed by atoms with van der Waals surface area (Å²) in [4.78, 5) is 9.92. The fraction of sp³-hybridized carbons (Fsp3) is 0.176. The van der Waals surface area contributed by atoms with Crippen molar-refractivity contribution in [3.8, 4) is 0 Å². The van der Waals surface area contributed by atoms with Gasteiger partial charge in [-0.2, -0.15) is 0 Å². The van der Waals surface area contributed by atoms with Crippen molar-refractivity contribution in [1.82, 2.24) is 0 Å². The highest BCUT2D eigenvalue weighted by Crippen LogP contribution is 2.79. The first-order valence-corrected chi connectivity index (χ1v) is 21.1. The maximum absolute atomic E-state index is 7.88. The lowest BCUT2D eigenvalue weighted by Crippen LogP contribution is -2.22. The number of hydrogen-bond donors (Lipinski definition) is 0. The molecular weight excluding hydrogens is 708 g/mol. The van der Waals surface area contributed by atoms with Gasteiger partial charge in [0.15, 0.2) is 0 Å². The van der Waals surface area contributed by atoms with E-state index in [0.717, 1.165) is 39.7 Å². The van der Waals surface area contributed by atoms with E-state index in [1.165, 1.54) is 30.7 Å². The van der Waals surface area contributed by atoms with Gasteiger partial charge in [-0.1, -0.05) is 138 Å². The Morgan fingerprint density at radius 2 is 0.873 bits per heavy atom. The van der Waals surface area contributed by atoms with Gasteiger partial charge in [0, 0.05) is 31.0 Å². The molecular formula is C51H49ClN2S. The Morgan fingerprint density at radius 3 is 1.29 bits per heavy atom. The number of fused-ring (bicyclic) bond motifs is 2. The summed E-state index contributed by atoms with van der Waals surface area (Å²) in [5.41, 5.74) is 10.1. The molecule has 0 radical (unpaired) electrons. The van der Waals surface area contributed by atoms with Crippen LogP contribution in [0.1, 0.15) is 58.2 Å². The van der Waals surface area contributed by atoms with Crippen LogP contribution in [0.3, 0.4) is 0 Å². The van der Waals surface area contributed by atoms with Gasteiger partial charge < -0.3 is 9.80 Å². The zero-order chi connectivity index (χ0) is 38.5. The summed E-state index contributed by atoms with van der Waals surface area (Å²) in [5.74, 6) is 0. The van der Waals surface area contributed by atoms with Crippen LogP contribution in [0.5, 0.6) is 0 Å². The monoisotopic (exact) mass is 756 g/mol. The first-order chi connectivity index (χ1) is 26.4. The molecule has 0 aromatic heterocycles. The highest BCUT2D eigenvalue weighted by molar-refractivity contribution is 8.34. The summed E-state index contributed by atoms with van der Waals surface area (Å²) < 4.78 is 0. The van der Waals surface area contributed by atoms with E-state index in [2.05, 4.69) is 228 Å². The Hall–Kier alpha value is -5.22. The molecule has 1 aliphatic heterocycles. The molecule has 4 heteroatoms. The molecule has 8 rings (SSSR count). The first kappa shape index (κ1) is 36.7. The van der Waals surface area contributed by atoms with Gasteiger partial charge in [0.1, 0.15) is 0 Å². The zero-order valence-corrected chi connectivity index (χ0v) is 34.4. The average Bonchev–Trinajstić information content (AvgIpc) is 3.19. The standard InChI is InChI=1S/C51H49ClN2S/c1-36-34-45(53(39-30-26-37(27-31-39)50(2,3)4)40-32-28-38(29-33-40)51(5,6)7)49(52)46(35-36)54-43-22-14-16-24-47(43)55(41-18-10-8-11-19-41,42-20-12-9-13-21-42)48-25-17-15-23-44(48)54/h8-35H,1-7H3. The summed E-state index contributed by atoms with van der Waals surface area (Å²) in [6, 6.07) is 62.4. The van der Waals surface area contributed by atoms with Gasteiger partial charge in [0.25, 0.3) is 0 Å². The van der Waals surface area contributed by atoms with Gasteiger partial charge in [-0.15, -0.1) is 10.0 Å². The number of aryl methyl sites for hydroxylation is 1. The molecule has 0 bridgehead atoms. The topological polar surface area (TPSA) is 6.48 Å². The third-order valence-corrected chi connectivity index (χ3v) is 15.1. The van der Waals surface area contributed by atoms with Crippen molar-refractivity contribution in [1.29, 1.82) is 0 Å². The lowest BCUT2D eigenvalue weighted by Gasteiger charge is -2.50. The number of hydrogen-bond acceptors (Lipinski definition) is 2. The van der Waals surface area contributed by atoms with Crippen molar-refractivity contribution in [3.05, 3.63) is 192 Å². The molecule has 0 atom stereocenters. The quantitative estimate of drug-likeness (QED) is 0.167. The maximum atomic E-state index is 7.88. The van der Waals surface area contributed by atoms with Crippen LogP contribution in [0.2, 0.25) is 5.02 Å². The number of nitrogens with zero attached hydrogens (tertiary/aromatic N) is 2. The Kier molecular flexibility index (Phi) is 9.44. The predicted molar refractivity (Wildman–Crippen MR) is 236 cm³/mol. The second-order valence-electron chi connectivity index (χ2n) is 16.6. The van der Waals surface area contributed by atoms with E-state index in [4.69, 9.17) is 11.6 Å². The highest BCUT2D eigenvalue weighted by atomic mass is 35.5. The molecule has 0 saturated heterocycles. The molecule has 55 heavy (non-hydrogen) atoms. The second kappa shape index (κ2) is 14.1. The molecule has 0 spiro atoms. The number of para-hydroxylation sites is 2. The summed E-state index contributed by atoms with van der Waals surface area (Å²) in [6.07, 6.45) is 0. The summed E-state index contributed by atoms with van der Waals surface area (Å²) in [7, 11) is -1.88. The van der Waals surface area contributed by atoms with Crippen molar-refractivity contribution in [2.75, 3.05) is 9.80 Å². The van der Waals surface area contributed by atoms with E-state index >= 15 is 0 Å². The van der Waals surface area contributed by atoms with Crippen LogP contribution in [0.4, 0.5) is 34.1 Å². The molecule has 0 saturated carbocycles. The minimum Gasteiger partial charge on any atom is -0.309 e. The molecule has 0 amide bonds. The molecule has 0 aliphatic carbocycles. The van der Waals surface area contributed by atoms with Crippen molar-refractivity contribution >= 4 is 55.8 Å². The molecule has 0 N–H and O–H groups in total. The van der Waals surface area contributed by atoms with Gasteiger partial charge in [0.2, 0.25) is 0 Å². The Balaban J connectivity index is 1.38. The summed E-state index contributed by atoms with van der Waals surface area (Å²) in [6.45, 7) is 15.7. The number of rotatable bonds is 6. The molecule has 7 aromatic carbocycles. The fourth-order valence-electron chi connectivity index (χ4n) is 7.91. The molecule has 276 valence electrons. The summed E-state index contributed by atoms with van der Waals surface area (Å²) in [5, 5.41) is 0.692. The molecule has 7 aromatic rings. The largest absolute Gasteiger partial charge is 0.309 e. The molecule has 1 aliphatic rings. The van der Waals surface area contributed by atoms with Crippen LogP contribution in [0.15, 0.2) is 189 Å². The van der Waals surface area contributed by atoms with Gasteiger partial charge in [0.05, 0.1) is 27.8 Å². The van der Waals surface area contributed by atoms with Crippen LogP contribution < -0.4 is 9.80 Å². The van der Waals surface area contributed by atoms with Crippen molar-refractivity contribution in [2.45, 2.75) is 78.9 Å². The maximum Gasteiger partial charge on any atom is 0.0887 e. The van der Waals surface area contributed by atoms with Gasteiger partial charge in [-0.05, 0) is 119 Å². The first-order valence-electron chi connectivity index (χ1n) is 19.1. The van der Waals surface area contributed by atoms with Crippen LogP contribution in [-0.4, -0.2) is 0 Å².